The number of cyclic esters (lactones) is 1. The summed E-state index contributed by atoms with van der Waals surface area (Å²) in [7, 11) is 0. The van der Waals surface area contributed by atoms with Crippen LogP contribution >= 0.6 is 0 Å². The number of hydrogen-bond acceptors (Lipinski definition) is 6. The van der Waals surface area contributed by atoms with Crippen LogP contribution in [0.25, 0.3) is 16.6 Å². The summed E-state index contributed by atoms with van der Waals surface area (Å²) in [5.41, 5.74) is 1.88. The topological polar surface area (TPSA) is 118 Å². The molecule has 3 amide bonds. The Labute approximate surface area is 204 Å². The van der Waals surface area contributed by atoms with Gasteiger partial charge in [0.25, 0.3) is 5.91 Å². The van der Waals surface area contributed by atoms with Gasteiger partial charge in [0.2, 0.25) is 5.91 Å². The van der Waals surface area contributed by atoms with Gasteiger partial charge < -0.3 is 19.9 Å². The lowest BCUT2D eigenvalue weighted by Crippen LogP contribution is -2.33. The van der Waals surface area contributed by atoms with E-state index in [1.165, 1.54) is 41.0 Å². The molecule has 11 heteroatoms. The number of imidazole rings is 1. The van der Waals surface area contributed by atoms with Gasteiger partial charge in [-0.15, -0.1) is 0 Å². The highest BCUT2D eigenvalue weighted by atomic mass is 19.1. The standard InChI is InChI=1S/C25H21FN6O4/c1-15(33)27-11-19-12-32(25(35)36-19)18-6-7-23(20(26)9-18)31-13-22(29-14-31)24(34)30-17-8-16-4-2-3-5-21(16)28-10-17/h2-10,13-14,19H,11-12H2,1H3,(H,27,33)(H,30,34)/t19-/m0/s1. The van der Waals surface area contributed by atoms with Crippen LogP contribution in [-0.4, -0.2) is 51.6 Å². The molecule has 1 aliphatic heterocycles. The average Bonchev–Trinajstić information content (AvgIpc) is 3.49. The number of anilines is 2. The van der Waals surface area contributed by atoms with Crippen LogP contribution in [0, 0.1) is 5.82 Å². The van der Waals surface area contributed by atoms with Crippen LogP contribution < -0.4 is 15.5 Å². The number of fused-ring (bicyclic) bond motifs is 1. The Morgan fingerprint density at radius 2 is 2.00 bits per heavy atom. The molecule has 0 saturated carbocycles. The van der Waals surface area contributed by atoms with E-state index in [4.69, 9.17) is 4.74 Å². The predicted molar refractivity (Wildman–Crippen MR) is 130 cm³/mol. The molecule has 0 bridgehead atoms. The van der Waals surface area contributed by atoms with Gasteiger partial charge >= 0.3 is 6.09 Å². The van der Waals surface area contributed by atoms with Crippen molar-refractivity contribution in [3.05, 3.63) is 78.8 Å². The number of pyridine rings is 1. The maximum atomic E-state index is 15.0. The van der Waals surface area contributed by atoms with Crippen molar-refractivity contribution in [1.82, 2.24) is 19.9 Å². The smallest absolute Gasteiger partial charge is 0.414 e. The Morgan fingerprint density at radius 3 is 2.81 bits per heavy atom. The number of halogens is 1. The molecule has 10 nitrogen and oxygen atoms in total. The summed E-state index contributed by atoms with van der Waals surface area (Å²) in [5, 5.41) is 6.22. The van der Waals surface area contributed by atoms with E-state index < -0.39 is 23.9 Å². The number of nitrogens with zero attached hydrogens (tertiary/aromatic N) is 4. The van der Waals surface area contributed by atoms with Crippen molar-refractivity contribution < 1.29 is 23.5 Å². The van der Waals surface area contributed by atoms with Crippen molar-refractivity contribution >= 4 is 40.2 Å². The van der Waals surface area contributed by atoms with Crippen LogP contribution in [0.4, 0.5) is 20.6 Å². The van der Waals surface area contributed by atoms with E-state index in [2.05, 4.69) is 20.6 Å². The summed E-state index contributed by atoms with van der Waals surface area (Å²) in [6.07, 6.45) is 3.15. The highest BCUT2D eigenvalue weighted by Gasteiger charge is 2.32. The first-order valence-electron chi connectivity index (χ1n) is 11.1. The van der Waals surface area contributed by atoms with Crippen molar-refractivity contribution in [3.63, 3.8) is 0 Å². The van der Waals surface area contributed by atoms with Crippen molar-refractivity contribution in [2.24, 2.45) is 0 Å². The molecule has 0 spiro atoms. The van der Waals surface area contributed by atoms with E-state index in [-0.39, 0.29) is 30.4 Å². The second kappa shape index (κ2) is 9.45. The Balaban J connectivity index is 1.29. The molecule has 2 N–H and O–H groups in total. The first kappa shape index (κ1) is 23.0. The fourth-order valence-electron chi connectivity index (χ4n) is 3.88. The molecule has 4 aromatic rings. The second-order valence-corrected chi connectivity index (χ2v) is 8.23. The Kier molecular flexibility index (Phi) is 6.03. The minimum Gasteiger partial charge on any atom is -0.442 e. The van der Waals surface area contributed by atoms with E-state index in [1.807, 2.05) is 24.3 Å². The van der Waals surface area contributed by atoms with Crippen molar-refractivity contribution in [3.8, 4) is 5.69 Å². The third kappa shape index (κ3) is 4.71. The van der Waals surface area contributed by atoms with Crippen LogP contribution in [0.3, 0.4) is 0 Å². The summed E-state index contributed by atoms with van der Waals surface area (Å²) in [4.78, 5) is 45.7. The number of rotatable bonds is 6. The lowest BCUT2D eigenvalue weighted by molar-refractivity contribution is -0.119. The third-order valence-electron chi connectivity index (χ3n) is 5.64. The molecule has 1 saturated heterocycles. The minimum absolute atomic E-state index is 0.0931. The van der Waals surface area contributed by atoms with Gasteiger partial charge in [-0.2, -0.15) is 0 Å². The van der Waals surface area contributed by atoms with Crippen LogP contribution in [-0.2, 0) is 9.53 Å². The maximum absolute atomic E-state index is 15.0. The molecule has 1 atom stereocenters. The summed E-state index contributed by atoms with van der Waals surface area (Å²) in [6.45, 7) is 1.72. The highest BCUT2D eigenvalue weighted by Crippen LogP contribution is 2.26. The van der Waals surface area contributed by atoms with E-state index in [0.29, 0.717) is 11.4 Å². The zero-order valence-electron chi connectivity index (χ0n) is 19.1. The molecule has 182 valence electrons. The van der Waals surface area contributed by atoms with E-state index in [0.717, 1.165) is 10.9 Å². The molecule has 0 aliphatic carbocycles. The molecular weight excluding hydrogens is 467 g/mol. The minimum atomic E-state index is -0.623. The second-order valence-electron chi connectivity index (χ2n) is 8.23. The zero-order valence-corrected chi connectivity index (χ0v) is 19.1. The Hall–Kier alpha value is -4.80. The average molecular weight is 488 g/mol. The first-order chi connectivity index (χ1) is 17.4. The quantitative estimate of drug-likeness (QED) is 0.430. The van der Waals surface area contributed by atoms with Gasteiger partial charge in [-0.05, 0) is 30.3 Å². The SMILES string of the molecule is CC(=O)NC[C@H]1CN(c2ccc(-n3cnc(C(=O)Nc4cnc5ccccc5c4)c3)c(F)c2)C(=O)O1. The van der Waals surface area contributed by atoms with Crippen LogP contribution in [0.15, 0.2) is 67.3 Å². The first-order valence-corrected chi connectivity index (χ1v) is 11.1. The van der Waals surface area contributed by atoms with Gasteiger partial charge in [-0.25, -0.2) is 14.2 Å². The number of aromatic nitrogens is 3. The fraction of sp³-hybridized carbons (Fsp3) is 0.160. The summed E-state index contributed by atoms with van der Waals surface area (Å²) in [6, 6.07) is 13.6. The summed E-state index contributed by atoms with van der Waals surface area (Å²) in [5.74, 6) is -1.32. The largest absolute Gasteiger partial charge is 0.442 e. The van der Waals surface area contributed by atoms with Gasteiger partial charge in [0.15, 0.2) is 0 Å². The number of ether oxygens (including phenoxy) is 1. The zero-order chi connectivity index (χ0) is 25.2. The maximum Gasteiger partial charge on any atom is 0.414 e. The molecule has 0 unspecified atom stereocenters. The lowest BCUT2D eigenvalue weighted by atomic mass is 10.2. The molecule has 2 aromatic heterocycles. The summed E-state index contributed by atoms with van der Waals surface area (Å²) >= 11 is 0. The van der Waals surface area contributed by atoms with Crippen LogP contribution in [0.5, 0.6) is 0 Å². The van der Waals surface area contributed by atoms with Crippen molar-refractivity contribution in [2.45, 2.75) is 13.0 Å². The molecule has 2 aromatic carbocycles. The molecule has 36 heavy (non-hydrogen) atoms. The number of carbonyl (C=O) groups is 3. The van der Waals surface area contributed by atoms with Crippen LogP contribution in [0.1, 0.15) is 17.4 Å². The van der Waals surface area contributed by atoms with Gasteiger partial charge in [0.1, 0.15) is 23.9 Å². The van der Waals surface area contributed by atoms with Gasteiger partial charge in [-0.3, -0.25) is 19.5 Å². The van der Waals surface area contributed by atoms with Gasteiger partial charge in [0, 0.05) is 18.5 Å². The Bertz CT molecular complexity index is 1490. The molecule has 3 heterocycles. The molecule has 1 aliphatic rings. The van der Waals surface area contributed by atoms with Gasteiger partial charge in [-0.1, -0.05) is 18.2 Å². The summed E-state index contributed by atoms with van der Waals surface area (Å²) < 4.78 is 21.6. The number of amides is 3. The third-order valence-corrected chi connectivity index (χ3v) is 5.64. The number of para-hydroxylation sites is 1. The fourth-order valence-corrected chi connectivity index (χ4v) is 3.88. The number of nitrogens with one attached hydrogen (secondary N) is 2. The number of benzene rings is 2. The lowest BCUT2D eigenvalue weighted by Gasteiger charge is -2.14. The molecule has 5 rings (SSSR count). The predicted octanol–water partition coefficient (Wildman–Crippen LogP) is 3.27. The van der Waals surface area contributed by atoms with E-state index in [9.17, 15) is 18.8 Å². The van der Waals surface area contributed by atoms with Gasteiger partial charge in [0.05, 0.1) is 41.9 Å². The van der Waals surface area contributed by atoms with Crippen LogP contribution in [0.2, 0.25) is 0 Å². The van der Waals surface area contributed by atoms with Crippen molar-refractivity contribution in [1.29, 1.82) is 0 Å². The highest BCUT2D eigenvalue weighted by molar-refractivity contribution is 6.03. The number of hydrogen-bond donors (Lipinski definition) is 2. The molecule has 0 radical (unpaired) electrons. The molecule has 1 fully saturated rings. The number of carbonyl (C=O) groups excluding carboxylic acids is 3. The monoisotopic (exact) mass is 488 g/mol. The van der Waals surface area contributed by atoms with Crippen molar-refractivity contribution in [2.75, 3.05) is 23.3 Å². The van der Waals surface area contributed by atoms with E-state index in [1.54, 1.807) is 18.3 Å². The van der Waals surface area contributed by atoms with E-state index >= 15 is 0 Å². The molecular formula is C25H21FN6O4. The Morgan fingerprint density at radius 1 is 1.17 bits per heavy atom. The normalized spacial score (nSPS) is 15.1.